The number of rotatable bonds is 10. The normalized spacial score (nSPS) is 15.2. The van der Waals surface area contributed by atoms with E-state index in [9.17, 15) is 20.1 Å². The maximum atomic E-state index is 13.2. The highest BCUT2D eigenvalue weighted by Gasteiger charge is 2.22. The van der Waals surface area contributed by atoms with Gasteiger partial charge in [0.2, 0.25) is 11.8 Å². The number of hydrogen-bond donors (Lipinski definition) is 2. The quantitative estimate of drug-likeness (QED) is 0.137. The van der Waals surface area contributed by atoms with E-state index in [2.05, 4.69) is 31.9 Å². The summed E-state index contributed by atoms with van der Waals surface area (Å²) in [6, 6.07) is 22.2. The number of nitrogens with one attached hydrogen (secondary N) is 2. The molecule has 6 heterocycles. The summed E-state index contributed by atoms with van der Waals surface area (Å²) in [6.45, 7) is 7.60. The first-order chi connectivity index (χ1) is 27.4. The van der Waals surface area contributed by atoms with Gasteiger partial charge >= 0.3 is 11.9 Å². The Kier molecular flexibility index (Phi) is 10.6. The average Bonchev–Trinajstić information content (AvgIpc) is 3.77. The second-order valence-electron chi connectivity index (χ2n) is 13.5. The molecule has 2 saturated heterocycles. The zero-order chi connectivity index (χ0) is 38.4. The van der Waals surface area contributed by atoms with Crippen molar-refractivity contribution < 1.29 is 28.5 Å². The molecule has 0 radical (unpaired) electrons. The maximum Gasteiger partial charge on any atom is 0.337 e. The van der Waals surface area contributed by atoms with Crippen LogP contribution in [0.4, 0.5) is 0 Å². The van der Waals surface area contributed by atoms with Crippen molar-refractivity contribution in [2.24, 2.45) is 0 Å². The SMILES string of the molecule is N#Cc1ccc2[nH]c(OC(=O)/C=C\C(=O)Oc3[nH]c4ccc(C#N)cc4c3-c3ccc(CN4CCOCC4)cn3)c(-c3ccc(CN4CCOCC4)cn3)c2c1. The third kappa shape index (κ3) is 8.05. The van der Waals surface area contributed by atoms with Crippen LogP contribution in [0.15, 0.2) is 85.2 Å². The van der Waals surface area contributed by atoms with Gasteiger partial charge in [0.05, 0.1) is 72.2 Å². The number of nitrogens with zero attached hydrogens (tertiary/aromatic N) is 6. The highest BCUT2D eigenvalue weighted by Crippen LogP contribution is 2.38. The predicted molar refractivity (Wildman–Crippen MR) is 205 cm³/mol. The summed E-state index contributed by atoms with van der Waals surface area (Å²) in [5, 5.41) is 20.5. The second-order valence-corrected chi connectivity index (χ2v) is 13.5. The molecule has 2 fully saturated rings. The maximum absolute atomic E-state index is 13.2. The molecular formula is C42H36N8O6. The average molecular weight is 749 g/mol. The van der Waals surface area contributed by atoms with Crippen LogP contribution >= 0.6 is 0 Å². The molecule has 0 unspecified atom stereocenters. The molecule has 2 N–H and O–H groups in total. The molecule has 0 amide bonds. The number of nitriles is 2. The Balaban J connectivity index is 1.01. The highest BCUT2D eigenvalue weighted by atomic mass is 16.5. The Hall–Kier alpha value is -6.68. The van der Waals surface area contributed by atoms with E-state index in [1.807, 2.05) is 24.3 Å². The monoisotopic (exact) mass is 748 g/mol. The van der Waals surface area contributed by atoms with Crippen molar-refractivity contribution in [2.45, 2.75) is 13.1 Å². The molecule has 280 valence electrons. The van der Waals surface area contributed by atoms with Crippen molar-refractivity contribution in [3.8, 4) is 46.4 Å². The van der Waals surface area contributed by atoms with Gasteiger partial charge < -0.3 is 28.9 Å². The number of H-pyrrole nitrogens is 2. The summed E-state index contributed by atoms with van der Waals surface area (Å²) in [4.78, 5) is 46.7. The molecule has 8 rings (SSSR count). The van der Waals surface area contributed by atoms with Crippen LogP contribution in [-0.2, 0) is 32.2 Å². The molecule has 56 heavy (non-hydrogen) atoms. The number of carbonyl (C=O) groups excluding carboxylic acids is 2. The lowest BCUT2D eigenvalue weighted by Gasteiger charge is -2.26. The lowest BCUT2D eigenvalue weighted by atomic mass is 10.1. The minimum Gasteiger partial charge on any atom is -0.406 e. The smallest absolute Gasteiger partial charge is 0.337 e. The van der Waals surface area contributed by atoms with Gasteiger partial charge in [-0.1, -0.05) is 12.1 Å². The summed E-state index contributed by atoms with van der Waals surface area (Å²) in [7, 11) is 0. The zero-order valence-corrected chi connectivity index (χ0v) is 30.3. The molecule has 4 aromatic heterocycles. The van der Waals surface area contributed by atoms with Crippen LogP contribution in [0.1, 0.15) is 22.3 Å². The molecule has 0 aliphatic carbocycles. The van der Waals surface area contributed by atoms with Crippen molar-refractivity contribution in [3.63, 3.8) is 0 Å². The van der Waals surface area contributed by atoms with Crippen molar-refractivity contribution in [2.75, 3.05) is 52.6 Å². The van der Waals surface area contributed by atoms with E-state index in [4.69, 9.17) is 28.9 Å². The van der Waals surface area contributed by atoms with Gasteiger partial charge in [-0.15, -0.1) is 0 Å². The van der Waals surface area contributed by atoms with E-state index in [0.717, 1.165) is 62.5 Å². The highest BCUT2D eigenvalue weighted by molar-refractivity contribution is 6.02. The van der Waals surface area contributed by atoms with Crippen molar-refractivity contribution >= 4 is 33.7 Å². The third-order valence-corrected chi connectivity index (χ3v) is 9.73. The Labute approximate surface area is 321 Å². The summed E-state index contributed by atoms with van der Waals surface area (Å²) >= 11 is 0. The number of morpholine rings is 2. The Morgan fingerprint density at radius 3 is 1.46 bits per heavy atom. The van der Waals surface area contributed by atoms with Gasteiger partial charge in [-0.05, 0) is 59.7 Å². The topological polar surface area (TPSA) is 182 Å². The van der Waals surface area contributed by atoms with Gasteiger partial charge in [-0.25, -0.2) is 9.59 Å². The second kappa shape index (κ2) is 16.4. The Bertz CT molecular complexity index is 2340. The molecular weight excluding hydrogens is 713 g/mol. The fourth-order valence-corrected chi connectivity index (χ4v) is 6.91. The predicted octanol–water partition coefficient (Wildman–Crippen LogP) is 5.25. The summed E-state index contributed by atoms with van der Waals surface area (Å²) < 4.78 is 22.4. The zero-order valence-electron chi connectivity index (χ0n) is 30.3. The summed E-state index contributed by atoms with van der Waals surface area (Å²) in [5.41, 5.74) is 6.26. The molecule has 0 bridgehead atoms. The van der Waals surface area contributed by atoms with Crippen LogP contribution in [0, 0.1) is 22.7 Å². The van der Waals surface area contributed by atoms with Crippen LogP contribution < -0.4 is 9.47 Å². The fourth-order valence-electron chi connectivity index (χ4n) is 6.91. The lowest BCUT2D eigenvalue weighted by Crippen LogP contribution is -2.35. The number of pyridine rings is 2. The van der Waals surface area contributed by atoms with Crippen LogP contribution in [0.25, 0.3) is 44.3 Å². The summed E-state index contributed by atoms with van der Waals surface area (Å²) in [5.74, 6) is -1.46. The van der Waals surface area contributed by atoms with Gasteiger partial charge in [0, 0.05) is 85.6 Å². The third-order valence-electron chi connectivity index (χ3n) is 9.73. The minimum atomic E-state index is -0.841. The van der Waals surface area contributed by atoms with E-state index in [-0.39, 0.29) is 11.8 Å². The molecule has 0 spiro atoms. The van der Waals surface area contributed by atoms with Gasteiger partial charge in [0.25, 0.3) is 0 Å². The van der Waals surface area contributed by atoms with Gasteiger partial charge in [-0.3, -0.25) is 19.8 Å². The molecule has 6 aromatic rings. The molecule has 14 heteroatoms. The number of fused-ring (bicyclic) bond motifs is 2. The first-order valence-electron chi connectivity index (χ1n) is 18.2. The molecule has 0 saturated carbocycles. The van der Waals surface area contributed by atoms with E-state index >= 15 is 0 Å². The number of carbonyl (C=O) groups is 2. The van der Waals surface area contributed by atoms with E-state index in [1.54, 1.807) is 48.8 Å². The first kappa shape index (κ1) is 36.3. The van der Waals surface area contributed by atoms with Crippen LogP contribution in [0.5, 0.6) is 11.8 Å². The van der Waals surface area contributed by atoms with Gasteiger partial charge in [0.15, 0.2) is 0 Å². The number of esters is 2. The largest absolute Gasteiger partial charge is 0.406 e. The van der Waals surface area contributed by atoms with Gasteiger partial charge in [0.1, 0.15) is 0 Å². The number of aromatic nitrogens is 4. The summed E-state index contributed by atoms with van der Waals surface area (Å²) in [6.07, 6.45) is 5.53. The first-order valence-corrected chi connectivity index (χ1v) is 18.2. The molecule has 2 aromatic carbocycles. The Morgan fingerprint density at radius 1 is 0.661 bits per heavy atom. The van der Waals surface area contributed by atoms with Crippen LogP contribution in [0.2, 0.25) is 0 Å². The lowest BCUT2D eigenvalue weighted by molar-refractivity contribution is -0.131. The molecule has 14 nitrogen and oxygen atoms in total. The number of hydrogen-bond acceptors (Lipinski definition) is 12. The molecule has 2 aliphatic heterocycles. The van der Waals surface area contributed by atoms with E-state index in [1.165, 1.54) is 0 Å². The van der Waals surface area contributed by atoms with Crippen molar-refractivity contribution in [1.29, 1.82) is 10.5 Å². The van der Waals surface area contributed by atoms with Crippen LogP contribution in [0.3, 0.4) is 0 Å². The Morgan fingerprint density at radius 2 is 1.09 bits per heavy atom. The van der Waals surface area contributed by atoms with E-state index < -0.39 is 11.9 Å². The number of aromatic amines is 2. The fraction of sp³-hybridized carbons (Fsp3) is 0.238. The number of benzene rings is 2. The van der Waals surface area contributed by atoms with E-state index in [0.29, 0.717) is 81.9 Å². The van der Waals surface area contributed by atoms with Crippen molar-refractivity contribution in [3.05, 3.63) is 107 Å². The standard InChI is InChI=1S/C42H36N8O6/c43-21-27-1-5-33-31(19-27)39(35-7-3-29(23-45-35)25-49-11-15-53-16-12-49)41(47-33)55-37(51)9-10-38(52)56-42-40(32-20-28(22-44)2-6-34(32)48-42)36-8-4-30(24-46-36)26-50-13-17-54-18-14-50/h1-10,19-20,23-24,47-48H,11-18,25-26H2/b10-9-. The molecule has 0 atom stereocenters. The van der Waals surface area contributed by atoms with Crippen LogP contribution in [-0.4, -0.2) is 94.3 Å². The van der Waals surface area contributed by atoms with Gasteiger partial charge in [-0.2, -0.15) is 10.5 Å². The number of ether oxygens (including phenoxy) is 4. The van der Waals surface area contributed by atoms with Crippen molar-refractivity contribution in [1.82, 2.24) is 29.7 Å². The minimum absolute atomic E-state index is 0.112. The molecule has 2 aliphatic rings.